The Kier molecular flexibility index (Phi) is 4.42. The van der Waals surface area contributed by atoms with Crippen LogP contribution in [0.1, 0.15) is 26.2 Å². The molecule has 16 heavy (non-hydrogen) atoms. The highest BCUT2D eigenvalue weighted by Gasteiger charge is 2.28. The van der Waals surface area contributed by atoms with Crippen LogP contribution >= 0.6 is 0 Å². The van der Waals surface area contributed by atoms with E-state index < -0.39 is 6.10 Å². The van der Waals surface area contributed by atoms with Crippen molar-refractivity contribution in [2.24, 2.45) is 0 Å². The van der Waals surface area contributed by atoms with Gasteiger partial charge in [-0.05, 0) is 6.92 Å². The molecule has 1 aliphatic heterocycles. The van der Waals surface area contributed by atoms with Gasteiger partial charge in [0.1, 0.15) is 0 Å². The van der Waals surface area contributed by atoms with Crippen LogP contribution in [0.4, 0.5) is 0 Å². The molecule has 0 aromatic carbocycles. The van der Waals surface area contributed by atoms with Gasteiger partial charge >= 0.3 is 0 Å². The second-order valence-corrected chi connectivity index (χ2v) is 3.84. The van der Waals surface area contributed by atoms with Gasteiger partial charge in [-0.2, -0.15) is 0 Å². The summed E-state index contributed by atoms with van der Waals surface area (Å²) in [4.78, 5) is 34.8. The molecule has 0 aromatic rings. The normalized spacial score (nSPS) is 17.8. The van der Waals surface area contributed by atoms with E-state index >= 15 is 0 Å². The molecule has 0 spiro atoms. The molecule has 1 unspecified atom stereocenters. The average molecular weight is 228 g/mol. The first-order valence-electron chi connectivity index (χ1n) is 5.28. The van der Waals surface area contributed by atoms with E-state index in [4.69, 9.17) is 5.11 Å². The summed E-state index contributed by atoms with van der Waals surface area (Å²) in [7, 11) is 0. The first kappa shape index (κ1) is 12.6. The summed E-state index contributed by atoms with van der Waals surface area (Å²) in [5.41, 5.74) is 0. The molecule has 1 rings (SSSR count). The zero-order valence-corrected chi connectivity index (χ0v) is 9.23. The highest BCUT2D eigenvalue weighted by atomic mass is 16.3. The van der Waals surface area contributed by atoms with Gasteiger partial charge in [-0.15, -0.1) is 0 Å². The van der Waals surface area contributed by atoms with E-state index in [0.717, 1.165) is 4.90 Å². The maximum absolute atomic E-state index is 11.2. The van der Waals surface area contributed by atoms with E-state index in [0.29, 0.717) is 0 Å². The number of likely N-dealkylation sites (tertiary alicyclic amines) is 1. The number of hydrogen-bond acceptors (Lipinski definition) is 4. The van der Waals surface area contributed by atoms with E-state index in [1.807, 2.05) is 0 Å². The molecular weight excluding hydrogens is 212 g/mol. The first-order valence-corrected chi connectivity index (χ1v) is 5.28. The minimum absolute atomic E-state index is 0.0875. The molecule has 0 aliphatic carbocycles. The van der Waals surface area contributed by atoms with Crippen molar-refractivity contribution in [1.82, 2.24) is 10.2 Å². The van der Waals surface area contributed by atoms with Gasteiger partial charge in [-0.1, -0.05) is 0 Å². The molecule has 0 saturated carbocycles. The fourth-order valence-corrected chi connectivity index (χ4v) is 1.44. The minimum Gasteiger partial charge on any atom is -0.392 e. The second kappa shape index (κ2) is 5.60. The zero-order valence-electron chi connectivity index (χ0n) is 9.23. The number of hydrogen-bond donors (Lipinski definition) is 2. The molecule has 1 aliphatic rings. The Morgan fingerprint density at radius 3 is 2.50 bits per heavy atom. The molecule has 1 saturated heterocycles. The van der Waals surface area contributed by atoms with Gasteiger partial charge in [-0.25, -0.2) is 0 Å². The zero-order chi connectivity index (χ0) is 12.1. The lowest BCUT2D eigenvalue weighted by molar-refractivity contribution is -0.138. The van der Waals surface area contributed by atoms with Crippen LogP contribution in [-0.2, 0) is 14.4 Å². The Hall–Kier alpha value is -1.43. The van der Waals surface area contributed by atoms with Crippen LogP contribution in [0.3, 0.4) is 0 Å². The number of imide groups is 1. The highest BCUT2D eigenvalue weighted by molar-refractivity contribution is 6.02. The van der Waals surface area contributed by atoms with Crippen molar-refractivity contribution in [1.29, 1.82) is 0 Å². The van der Waals surface area contributed by atoms with Crippen molar-refractivity contribution in [3.63, 3.8) is 0 Å². The van der Waals surface area contributed by atoms with Gasteiger partial charge in [0.15, 0.2) is 0 Å². The molecule has 0 radical (unpaired) electrons. The number of rotatable bonds is 5. The largest absolute Gasteiger partial charge is 0.392 e. The van der Waals surface area contributed by atoms with Crippen molar-refractivity contribution in [3.05, 3.63) is 0 Å². The molecule has 6 heteroatoms. The van der Waals surface area contributed by atoms with Gasteiger partial charge < -0.3 is 10.4 Å². The predicted octanol–water partition coefficient (Wildman–Crippen LogP) is -0.978. The Bertz CT molecular complexity index is 285. The Balaban J connectivity index is 2.26. The number of carbonyl (C=O) groups excluding carboxylic acids is 3. The molecule has 6 nitrogen and oxygen atoms in total. The summed E-state index contributed by atoms with van der Waals surface area (Å²) in [6.45, 7) is 1.87. The fourth-order valence-electron chi connectivity index (χ4n) is 1.44. The third kappa shape index (κ3) is 3.62. The predicted molar refractivity (Wildman–Crippen MR) is 55.3 cm³/mol. The summed E-state index contributed by atoms with van der Waals surface area (Å²) >= 11 is 0. The maximum Gasteiger partial charge on any atom is 0.229 e. The van der Waals surface area contributed by atoms with Crippen molar-refractivity contribution < 1.29 is 19.5 Å². The molecule has 0 aromatic heterocycles. The number of nitrogens with one attached hydrogen (secondary N) is 1. The molecule has 1 atom stereocenters. The van der Waals surface area contributed by atoms with Crippen molar-refractivity contribution in [2.75, 3.05) is 13.1 Å². The summed E-state index contributed by atoms with van der Waals surface area (Å²) in [5.74, 6) is -0.699. The lowest BCUT2D eigenvalue weighted by Crippen LogP contribution is -2.36. The molecule has 1 heterocycles. The van der Waals surface area contributed by atoms with E-state index in [9.17, 15) is 14.4 Å². The van der Waals surface area contributed by atoms with E-state index in [-0.39, 0.29) is 50.1 Å². The molecule has 90 valence electrons. The average Bonchev–Trinajstić information content (AvgIpc) is 2.53. The minimum atomic E-state index is -0.598. The van der Waals surface area contributed by atoms with Crippen LogP contribution in [0.2, 0.25) is 0 Å². The number of amides is 3. The van der Waals surface area contributed by atoms with E-state index in [2.05, 4.69) is 5.32 Å². The summed E-state index contributed by atoms with van der Waals surface area (Å²) in [5, 5.41) is 11.4. The van der Waals surface area contributed by atoms with Gasteiger partial charge in [0.25, 0.3) is 0 Å². The second-order valence-electron chi connectivity index (χ2n) is 3.84. The fraction of sp³-hybridized carbons (Fsp3) is 0.700. The SMILES string of the molecule is CC(O)CNC(=O)CCN1C(=O)CCC1=O. The van der Waals surface area contributed by atoms with Crippen molar-refractivity contribution >= 4 is 17.7 Å². The first-order chi connectivity index (χ1) is 7.50. The molecule has 1 fully saturated rings. The van der Waals surface area contributed by atoms with Gasteiger partial charge in [0.05, 0.1) is 6.10 Å². The third-order valence-corrected chi connectivity index (χ3v) is 2.31. The Morgan fingerprint density at radius 2 is 2.00 bits per heavy atom. The summed E-state index contributed by atoms with van der Waals surface area (Å²) < 4.78 is 0. The maximum atomic E-state index is 11.2. The summed E-state index contributed by atoms with van der Waals surface area (Å²) in [6, 6.07) is 0. The Morgan fingerprint density at radius 1 is 1.44 bits per heavy atom. The molecule has 3 amide bonds. The third-order valence-electron chi connectivity index (χ3n) is 2.31. The van der Waals surface area contributed by atoms with Crippen LogP contribution in [-0.4, -0.2) is 46.9 Å². The number of aliphatic hydroxyl groups excluding tert-OH is 1. The van der Waals surface area contributed by atoms with Gasteiger partial charge in [0, 0.05) is 32.4 Å². The number of nitrogens with zero attached hydrogens (tertiary/aromatic N) is 1. The van der Waals surface area contributed by atoms with Gasteiger partial charge in [-0.3, -0.25) is 19.3 Å². The smallest absolute Gasteiger partial charge is 0.229 e. The van der Waals surface area contributed by atoms with Crippen LogP contribution < -0.4 is 5.32 Å². The van der Waals surface area contributed by atoms with Crippen LogP contribution in [0, 0.1) is 0 Å². The lowest BCUT2D eigenvalue weighted by Gasteiger charge is -2.13. The number of aliphatic hydroxyl groups is 1. The number of carbonyl (C=O) groups is 3. The monoisotopic (exact) mass is 228 g/mol. The topological polar surface area (TPSA) is 86.7 Å². The van der Waals surface area contributed by atoms with Crippen molar-refractivity contribution in [3.8, 4) is 0 Å². The van der Waals surface area contributed by atoms with Crippen molar-refractivity contribution in [2.45, 2.75) is 32.3 Å². The summed E-state index contributed by atoms with van der Waals surface area (Å²) in [6.07, 6.45) is -0.0223. The standard InChI is InChI=1S/C10H16N2O4/c1-7(13)6-11-8(14)4-5-12-9(15)2-3-10(12)16/h7,13H,2-6H2,1H3,(H,11,14). The van der Waals surface area contributed by atoms with Crippen LogP contribution in [0.15, 0.2) is 0 Å². The molecule has 2 N–H and O–H groups in total. The molecular formula is C10H16N2O4. The van der Waals surface area contributed by atoms with Crippen LogP contribution in [0.5, 0.6) is 0 Å². The van der Waals surface area contributed by atoms with E-state index in [1.165, 1.54) is 0 Å². The molecule has 0 bridgehead atoms. The van der Waals surface area contributed by atoms with E-state index in [1.54, 1.807) is 6.92 Å². The highest BCUT2D eigenvalue weighted by Crippen LogP contribution is 2.11. The van der Waals surface area contributed by atoms with Crippen LogP contribution in [0.25, 0.3) is 0 Å². The lowest BCUT2D eigenvalue weighted by atomic mass is 10.3. The van der Waals surface area contributed by atoms with Gasteiger partial charge in [0.2, 0.25) is 17.7 Å². The quantitative estimate of drug-likeness (QED) is 0.592. The Labute approximate surface area is 93.6 Å².